The Morgan fingerprint density at radius 3 is 2.67 bits per heavy atom. The molecule has 0 saturated heterocycles. The quantitative estimate of drug-likeness (QED) is 0.527. The van der Waals surface area contributed by atoms with Crippen molar-refractivity contribution < 1.29 is 0 Å². The van der Waals surface area contributed by atoms with Gasteiger partial charge in [-0.05, 0) is 18.1 Å². The molecule has 0 aliphatic carbocycles. The molecule has 4 aromatic rings. The molecule has 0 fully saturated rings. The second-order valence-corrected chi connectivity index (χ2v) is 6.90. The molecule has 6 heteroatoms. The van der Waals surface area contributed by atoms with Gasteiger partial charge in [-0.3, -0.25) is 0 Å². The van der Waals surface area contributed by atoms with Crippen LogP contribution in [0.4, 0.5) is 0 Å². The van der Waals surface area contributed by atoms with Crippen LogP contribution < -0.4 is 0 Å². The van der Waals surface area contributed by atoms with Gasteiger partial charge in [-0.1, -0.05) is 48.5 Å². The largest absolute Gasteiger partial charge is 0.270 e. The van der Waals surface area contributed by atoms with Crippen LogP contribution in [0.3, 0.4) is 0 Å². The highest BCUT2D eigenvalue weighted by atomic mass is 31.0. The maximum atomic E-state index is 4.78. The van der Waals surface area contributed by atoms with Crippen LogP contribution in [0.2, 0.25) is 0 Å². The molecular formula is C18H16N5P. The fourth-order valence-corrected chi connectivity index (χ4v) is 3.91. The monoisotopic (exact) mass is 333 g/mol. The molecule has 5 rings (SSSR count). The van der Waals surface area contributed by atoms with Gasteiger partial charge in [0.1, 0.15) is 5.82 Å². The summed E-state index contributed by atoms with van der Waals surface area (Å²) in [6.07, 6.45) is 2.86. The predicted molar refractivity (Wildman–Crippen MR) is 96.3 cm³/mol. The third kappa shape index (κ3) is 2.01. The van der Waals surface area contributed by atoms with Crippen molar-refractivity contribution in [3.8, 4) is 5.95 Å². The molecule has 0 saturated carbocycles. The summed E-state index contributed by atoms with van der Waals surface area (Å²) in [6.45, 7) is 0. The SMILES string of the molecule is PC1CC(c2ccccc2)n2nc(-n3ncc4ccccc43)nc21. The molecule has 1 aliphatic heterocycles. The molecule has 5 nitrogen and oxygen atoms in total. The van der Waals surface area contributed by atoms with Crippen LogP contribution in [0.25, 0.3) is 16.9 Å². The third-order valence-electron chi connectivity index (χ3n) is 4.60. The van der Waals surface area contributed by atoms with E-state index >= 15 is 0 Å². The molecule has 24 heavy (non-hydrogen) atoms. The fourth-order valence-electron chi connectivity index (χ4n) is 3.42. The Morgan fingerprint density at radius 2 is 1.79 bits per heavy atom. The minimum absolute atomic E-state index is 0.228. The van der Waals surface area contributed by atoms with Crippen molar-refractivity contribution in [1.82, 2.24) is 24.5 Å². The molecular weight excluding hydrogens is 317 g/mol. The summed E-state index contributed by atoms with van der Waals surface area (Å²) in [4.78, 5) is 4.77. The first-order valence-corrected chi connectivity index (χ1v) is 8.68. The number of para-hydroxylation sites is 1. The van der Waals surface area contributed by atoms with E-state index in [1.807, 2.05) is 41.2 Å². The zero-order valence-corrected chi connectivity index (χ0v) is 14.1. The molecule has 3 heterocycles. The molecule has 0 spiro atoms. The lowest BCUT2D eigenvalue weighted by Crippen LogP contribution is -2.08. The van der Waals surface area contributed by atoms with Crippen molar-refractivity contribution in [1.29, 1.82) is 0 Å². The lowest BCUT2D eigenvalue weighted by Gasteiger charge is -2.11. The van der Waals surface area contributed by atoms with E-state index in [0.29, 0.717) is 11.6 Å². The summed E-state index contributed by atoms with van der Waals surface area (Å²) < 4.78 is 3.87. The minimum Gasteiger partial charge on any atom is -0.240 e. The van der Waals surface area contributed by atoms with E-state index < -0.39 is 0 Å². The minimum atomic E-state index is 0.228. The maximum Gasteiger partial charge on any atom is 0.270 e. The Morgan fingerprint density at radius 1 is 1.00 bits per heavy atom. The van der Waals surface area contributed by atoms with Crippen LogP contribution in [0.5, 0.6) is 0 Å². The number of benzene rings is 2. The predicted octanol–water partition coefficient (Wildman–Crippen LogP) is 3.53. The molecule has 2 aromatic carbocycles. The fraction of sp³-hybridized carbons (Fsp3) is 0.167. The molecule has 0 bridgehead atoms. The molecule has 0 amide bonds. The molecule has 1 aliphatic rings. The third-order valence-corrected chi connectivity index (χ3v) is 5.17. The van der Waals surface area contributed by atoms with Gasteiger partial charge in [0.2, 0.25) is 0 Å². The Bertz CT molecular complexity index is 1020. The zero-order valence-electron chi connectivity index (χ0n) is 12.9. The topological polar surface area (TPSA) is 48.5 Å². The number of rotatable bonds is 2. The Kier molecular flexibility index (Phi) is 3.03. The van der Waals surface area contributed by atoms with Gasteiger partial charge in [0, 0.05) is 11.0 Å². The average molecular weight is 333 g/mol. The van der Waals surface area contributed by atoms with Crippen molar-refractivity contribution in [2.24, 2.45) is 0 Å². The summed E-state index contributed by atoms with van der Waals surface area (Å²) >= 11 is 0. The highest BCUT2D eigenvalue weighted by Gasteiger charge is 2.33. The van der Waals surface area contributed by atoms with Crippen molar-refractivity contribution in [2.75, 3.05) is 0 Å². The number of aromatic nitrogens is 5. The van der Waals surface area contributed by atoms with Crippen LogP contribution in [-0.4, -0.2) is 24.5 Å². The summed E-state index contributed by atoms with van der Waals surface area (Å²) in [5, 5.41) is 10.3. The first-order chi connectivity index (χ1) is 11.8. The lowest BCUT2D eigenvalue weighted by molar-refractivity contribution is 0.549. The molecule has 0 radical (unpaired) electrons. The van der Waals surface area contributed by atoms with Gasteiger partial charge in [-0.25, -0.2) is 4.68 Å². The zero-order chi connectivity index (χ0) is 16.1. The standard InChI is InChI=1S/C18H16N5P/c24-16-10-15(12-6-2-1-3-7-12)22-17(16)20-18(21-22)23-14-9-5-4-8-13(14)11-19-23/h1-9,11,15-16H,10,24H2. The number of hydrogen-bond donors (Lipinski definition) is 0. The smallest absolute Gasteiger partial charge is 0.240 e. The summed E-state index contributed by atoms with van der Waals surface area (Å²) in [5.41, 5.74) is 2.60. The molecule has 3 atom stereocenters. The van der Waals surface area contributed by atoms with Gasteiger partial charge >= 0.3 is 0 Å². The van der Waals surface area contributed by atoms with Crippen LogP contribution in [0, 0.1) is 0 Å². The molecule has 2 aromatic heterocycles. The van der Waals surface area contributed by atoms with E-state index in [2.05, 4.69) is 43.3 Å². The number of fused-ring (bicyclic) bond motifs is 2. The van der Waals surface area contributed by atoms with Crippen LogP contribution >= 0.6 is 9.24 Å². The van der Waals surface area contributed by atoms with E-state index in [1.165, 1.54) is 5.56 Å². The van der Waals surface area contributed by atoms with Crippen molar-refractivity contribution in [3.05, 3.63) is 72.2 Å². The van der Waals surface area contributed by atoms with E-state index in [0.717, 1.165) is 23.1 Å². The highest BCUT2D eigenvalue weighted by Crippen LogP contribution is 2.42. The van der Waals surface area contributed by atoms with E-state index in [9.17, 15) is 0 Å². The second kappa shape index (κ2) is 5.25. The first-order valence-electron chi connectivity index (χ1n) is 8.01. The molecule has 3 unspecified atom stereocenters. The second-order valence-electron chi connectivity index (χ2n) is 6.10. The maximum absolute atomic E-state index is 4.78. The summed E-state index contributed by atoms with van der Waals surface area (Å²) in [5.74, 6) is 1.64. The van der Waals surface area contributed by atoms with Gasteiger partial charge in [0.05, 0.1) is 17.8 Å². The van der Waals surface area contributed by atoms with Gasteiger partial charge in [0.15, 0.2) is 0 Å². The Balaban J connectivity index is 1.63. The summed E-state index contributed by atoms with van der Waals surface area (Å²) in [6, 6.07) is 18.8. The van der Waals surface area contributed by atoms with Crippen LogP contribution in [0.15, 0.2) is 60.8 Å². The number of hydrogen-bond acceptors (Lipinski definition) is 3. The molecule has 118 valence electrons. The Labute approximate surface area is 141 Å². The average Bonchev–Trinajstić information content (AvgIpc) is 3.30. The van der Waals surface area contributed by atoms with E-state index in [1.54, 1.807) is 0 Å². The normalized spacial score (nSPS) is 19.7. The van der Waals surface area contributed by atoms with Crippen LogP contribution in [-0.2, 0) is 0 Å². The highest BCUT2D eigenvalue weighted by molar-refractivity contribution is 7.17. The van der Waals surface area contributed by atoms with Gasteiger partial charge in [-0.2, -0.15) is 14.8 Å². The van der Waals surface area contributed by atoms with E-state index in [4.69, 9.17) is 10.1 Å². The van der Waals surface area contributed by atoms with Crippen molar-refractivity contribution >= 4 is 20.1 Å². The van der Waals surface area contributed by atoms with Gasteiger partial charge < -0.3 is 0 Å². The van der Waals surface area contributed by atoms with Crippen molar-refractivity contribution in [3.63, 3.8) is 0 Å². The molecule has 0 N–H and O–H groups in total. The van der Waals surface area contributed by atoms with E-state index in [-0.39, 0.29) is 6.04 Å². The summed E-state index contributed by atoms with van der Waals surface area (Å²) in [7, 11) is 2.90. The number of nitrogens with zero attached hydrogens (tertiary/aromatic N) is 5. The first kappa shape index (κ1) is 13.9. The van der Waals surface area contributed by atoms with Crippen molar-refractivity contribution in [2.45, 2.75) is 18.1 Å². The van der Waals surface area contributed by atoms with Gasteiger partial charge in [0.25, 0.3) is 5.95 Å². The lowest BCUT2D eigenvalue weighted by atomic mass is 10.1. The Hall–Kier alpha value is -2.52. The van der Waals surface area contributed by atoms with Crippen LogP contribution in [0.1, 0.15) is 29.5 Å². The van der Waals surface area contributed by atoms with Gasteiger partial charge in [-0.15, -0.1) is 14.3 Å².